The van der Waals surface area contributed by atoms with E-state index in [1.807, 2.05) is 13.0 Å². The third-order valence-corrected chi connectivity index (χ3v) is 3.88. The number of rotatable bonds is 4. The van der Waals surface area contributed by atoms with Crippen molar-refractivity contribution in [2.75, 3.05) is 5.75 Å². The van der Waals surface area contributed by atoms with Gasteiger partial charge in [-0.3, -0.25) is 0 Å². The standard InChI is InChI=1S/C16H18OS/c1-3-6-14(17)11-18-15-9-12(2)16-8-5-4-7-13(16)10-15/h4-10,17H,3,11H2,1-2H3. The SMILES string of the molecule is CCC=C(O)CSc1cc(C)c2ccccc2c1. The fourth-order valence-corrected chi connectivity index (χ4v) is 2.91. The molecule has 0 fully saturated rings. The second-order valence-electron chi connectivity index (χ2n) is 4.35. The van der Waals surface area contributed by atoms with E-state index in [4.69, 9.17) is 0 Å². The van der Waals surface area contributed by atoms with Gasteiger partial charge in [0.25, 0.3) is 0 Å². The summed E-state index contributed by atoms with van der Waals surface area (Å²) < 4.78 is 0. The molecule has 0 aliphatic rings. The molecule has 0 saturated carbocycles. The molecule has 2 aromatic rings. The molecule has 0 spiro atoms. The molecule has 18 heavy (non-hydrogen) atoms. The molecule has 2 rings (SSSR count). The van der Waals surface area contributed by atoms with Gasteiger partial charge in [0.15, 0.2) is 0 Å². The molecule has 2 heteroatoms. The summed E-state index contributed by atoms with van der Waals surface area (Å²) in [7, 11) is 0. The van der Waals surface area contributed by atoms with Crippen LogP contribution in [-0.4, -0.2) is 10.9 Å². The fourth-order valence-electron chi connectivity index (χ4n) is 2.00. The second-order valence-corrected chi connectivity index (χ2v) is 5.40. The fraction of sp³-hybridized carbons (Fsp3) is 0.250. The highest BCUT2D eigenvalue weighted by Gasteiger charge is 2.02. The van der Waals surface area contributed by atoms with Crippen LogP contribution in [0.4, 0.5) is 0 Å². The van der Waals surface area contributed by atoms with Gasteiger partial charge >= 0.3 is 0 Å². The lowest BCUT2D eigenvalue weighted by Crippen LogP contribution is -1.87. The summed E-state index contributed by atoms with van der Waals surface area (Å²) in [6.45, 7) is 4.16. The maximum atomic E-state index is 9.63. The quantitative estimate of drug-likeness (QED) is 0.608. The van der Waals surface area contributed by atoms with Gasteiger partial charge in [0.1, 0.15) is 0 Å². The zero-order chi connectivity index (χ0) is 13.0. The molecular formula is C16H18OS. The maximum absolute atomic E-state index is 9.63. The van der Waals surface area contributed by atoms with Crippen molar-refractivity contribution in [1.82, 2.24) is 0 Å². The average Bonchev–Trinajstić information content (AvgIpc) is 2.37. The second kappa shape index (κ2) is 5.96. The molecule has 1 N–H and O–H groups in total. The van der Waals surface area contributed by atoms with Crippen molar-refractivity contribution in [3.05, 3.63) is 53.8 Å². The normalized spacial score (nSPS) is 12.0. The highest BCUT2D eigenvalue weighted by molar-refractivity contribution is 7.99. The Labute approximate surface area is 113 Å². The van der Waals surface area contributed by atoms with Gasteiger partial charge in [0, 0.05) is 4.90 Å². The van der Waals surface area contributed by atoms with Crippen molar-refractivity contribution in [3.8, 4) is 0 Å². The molecule has 0 unspecified atom stereocenters. The van der Waals surface area contributed by atoms with Gasteiger partial charge in [-0.1, -0.05) is 31.2 Å². The van der Waals surface area contributed by atoms with Gasteiger partial charge in [-0.05, 0) is 47.9 Å². The van der Waals surface area contributed by atoms with Crippen LogP contribution in [0.3, 0.4) is 0 Å². The number of aryl methyl sites for hydroxylation is 1. The first-order valence-corrected chi connectivity index (χ1v) is 7.19. The minimum absolute atomic E-state index is 0.466. The lowest BCUT2D eigenvalue weighted by molar-refractivity contribution is 0.414. The van der Waals surface area contributed by atoms with Crippen LogP contribution in [0.5, 0.6) is 0 Å². The van der Waals surface area contributed by atoms with E-state index < -0.39 is 0 Å². The molecular weight excluding hydrogens is 240 g/mol. The molecule has 0 amide bonds. The van der Waals surface area contributed by atoms with Crippen LogP contribution < -0.4 is 0 Å². The number of thioether (sulfide) groups is 1. The van der Waals surface area contributed by atoms with Crippen molar-refractivity contribution in [1.29, 1.82) is 0 Å². The van der Waals surface area contributed by atoms with E-state index in [2.05, 4.69) is 43.3 Å². The number of fused-ring (bicyclic) bond motifs is 1. The van der Waals surface area contributed by atoms with E-state index in [1.54, 1.807) is 11.8 Å². The zero-order valence-electron chi connectivity index (χ0n) is 10.8. The number of benzene rings is 2. The van der Waals surface area contributed by atoms with Crippen LogP contribution in [0.2, 0.25) is 0 Å². The van der Waals surface area contributed by atoms with Gasteiger partial charge in [0.2, 0.25) is 0 Å². The Bertz CT molecular complexity index is 572. The summed E-state index contributed by atoms with van der Waals surface area (Å²) in [6, 6.07) is 12.8. The lowest BCUT2D eigenvalue weighted by atomic mass is 10.1. The first-order chi connectivity index (χ1) is 8.70. The minimum atomic E-state index is 0.466. The Hall–Kier alpha value is -1.41. The van der Waals surface area contributed by atoms with Gasteiger partial charge in [-0.15, -0.1) is 11.8 Å². The molecule has 94 valence electrons. The Morgan fingerprint density at radius 3 is 2.83 bits per heavy atom. The predicted octanol–water partition coefficient (Wildman–Crippen LogP) is 5.09. The van der Waals surface area contributed by atoms with Crippen LogP contribution >= 0.6 is 11.8 Å². The largest absolute Gasteiger partial charge is 0.512 e. The van der Waals surface area contributed by atoms with E-state index >= 15 is 0 Å². The minimum Gasteiger partial charge on any atom is -0.512 e. The maximum Gasteiger partial charge on any atom is 0.0985 e. The smallest absolute Gasteiger partial charge is 0.0985 e. The molecule has 0 aliphatic carbocycles. The summed E-state index contributed by atoms with van der Waals surface area (Å²) in [5.41, 5.74) is 1.29. The van der Waals surface area contributed by atoms with Gasteiger partial charge in [-0.25, -0.2) is 0 Å². The Kier molecular flexibility index (Phi) is 4.32. The molecule has 0 saturated heterocycles. The van der Waals surface area contributed by atoms with E-state index in [1.165, 1.54) is 21.2 Å². The van der Waals surface area contributed by atoms with E-state index in [9.17, 15) is 5.11 Å². The Morgan fingerprint density at radius 2 is 2.06 bits per heavy atom. The Balaban J connectivity index is 2.22. The van der Waals surface area contributed by atoms with Crippen LogP contribution in [0.1, 0.15) is 18.9 Å². The monoisotopic (exact) mass is 258 g/mol. The summed E-state index contributed by atoms with van der Waals surface area (Å²) in [5.74, 6) is 1.11. The summed E-state index contributed by atoms with van der Waals surface area (Å²) in [6.07, 6.45) is 2.74. The van der Waals surface area contributed by atoms with Crippen molar-refractivity contribution in [2.24, 2.45) is 0 Å². The van der Waals surface area contributed by atoms with Crippen molar-refractivity contribution < 1.29 is 5.11 Å². The molecule has 0 aromatic heterocycles. The zero-order valence-corrected chi connectivity index (χ0v) is 11.6. The van der Waals surface area contributed by atoms with E-state index in [0.29, 0.717) is 11.5 Å². The summed E-state index contributed by atoms with van der Waals surface area (Å²) in [4.78, 5) is 1.21. The third-order valence-electron chi connectivity index (χ3n) is 2.87. The van der Waals surface area contributed by atoms with E-state index in [-0.39, 0.29) is 0 Å². The molecule has 0 heterocycles. The number of aliphatic hydroxyl groups excluding tert-OH is 1. The third kappa shape index (κ3) is 3.08. The van der Waals surface area contributed by atoms with Gasteiger partial charge in [0.05, 0.1) is 11.5 Å². The molecule has 0 aliphatic heterocycles. The lowest BCUT2D eigenvalue weighted by Gasteiger charge is -2.07. The molecule has 2 aromatic carbocycles. The first-order valence-electron chi connectivity index (χ1n) is 6.21. The molecule has 0 atom stereocenters. The number of hydrogen-bond acceptors (Lipinski definition) is 2. The topological polar surface area (TPSA) is 20.2 Å². The summed E-state index contributed by atoms with van der Waals surface area (Å²) in [5, 5.41) is 12.2. The molecule has 0 radical (unpaired) electrons. The van der Waals surface area contributed by atoms with Crippen LogP contribution in [0, 0.1) is 6.92 Å². The molecule has 0 bridgehead atoms. The van der Waals surface area contributed by atoms with Gasteiger partial charge < -0.3 is 5.11 Å². The van der Waals surface area contributed by atoms with Gasteiger partial charge in [-0.2, -0.15) is 0 Å². The highest BCUT2D eigenvalue weighted by atomic mass is 32.2. The van der Waals surface area contributed by atoms with Crippen LogP contribution in [0.15, 0.2) is 53.1 Å². The first kappa shape index (κ1) is 13.0. The van der Waals surface area contributed by atoms with Crippen molar-refractivity contribution >= 4 is 22.5 Å². The van der Waals surface area contributed by atoms with Crippen molar-refractivity contribution in [2.45, 2.75) is 25.2 Å². The van der Waals surface area contributed by atoms with Crippen LogP contribution in [-0.2, 0) is 0 Å². The summed E-state index contributed by atoms with van der Waals surface area (Å²) >= 11 is 1.68. The predicted molar refractivity (Wildman–Crippen MR) is 80.4 cm³/mol. The highest BCUT2D eigenvalue weighted by Crippen LogP contribution is 2.27. The number of aliphatic hydroxyl groups is 1. The van der Waals surface area contributed by atoms with E-state index in [0.717, 1.165) is 6.42 Å². The average molecular weight is 258 g/mol. The molecule has 1 nitrogen and oxygen atoms in total. The van der Waals surface area contributed by atoms with Crippen LogP contribution in [0.25, 0.3) is 10.8 Å². The van der Waals surface area contributed by atoms with Crippen molar-refractivity contribution in [3.63, 3.8) is 0 Å². The Morgan fingerprint density at radius 1 is 1.28 bits per heavy atom. The number of allylic oxidation sites excluding steroid dienone is 1. The number of hydrogen-bond donors (Lipinski definition) is 1.